The topological polar surface area (TPSA) is 3.24 Å². The first-order chi connectivity index (χ1) is 7.11. The molecule has 1 rings (SSSR count). The molecule has 1 nitrogen and oxygen atoms in total. The first kappa shape index (κ1) is 13.9. The van der Waals surface area contributed by atoms with Gasteiger partial charge in [0.15, 0.2) is 0 Å². The number of nitrogens with zero attached hydrogens (tertiary/aromatic N) is 1. The van der Waals surface area contributed by atoms with Crippen LogP contribution in [-0.4, -0.2) is 20.6 Å². The minimum absolute atomic E-state index is 1.08. The molecule has 0 bridgehead atoms. The standard InChI is InChI=1S/C10H15N.BF3/c1-3-11(4-2)10-8-6-5-7-9-10;2-1(3)4/h5-9H,3-4H2,1-2H3;. The van der Waals surface area contributed by atoms with Crippen molar-refractivity contribution in [2.24, 2.45) is 0 Å². The normalized spacial score (nSPS) is 8.87. The molecule has 0 heterocycles. The van der Waals surface area contributed by atoms with Gasteiger partial charge in [-0.25, -0.2) is 0 Å². The zero-order valence-corrected chi connectivity index (χ0v) is 8.96. The summed E-state index contributed by atoms with van der Waals surface area (Å²) in [7, 11) is -3.67. The Balaban J connectivity index is 0.000000423. The average Bonchev–Trinajstić information content (AvgIpc) is 2.20. The van der Waals surface area contributed by atoms with Gasteiger partial charge in [0.25, 0.3) is 0 Å². The Bertz CT molecular complexity index is 237. The third-order valence-electron chi connectivity index (χ3n) is 1.88. The predicted molar refractivity (Wildman–Crippen MR) is 59.1 cm³/mol. The number of hydrogen-bond acceptors (Lipinski definition) is 1. The molecule has 0 aliphatic rings. The van der Waals surface area contributed by atoms with Crippen LogP contribution in [0.3, 0.4) is 0 Å². The van der Waals surface area contributed by atoms with Gasteiger partial charge in [-0.1, -0.05) is 18.2 Å². The van der Waals surface area contributed by atoms with E-state index in [1.807, 2.05) is 6.07 Å². The number of rotatable bonds is 3. The van der Waals surface area contributed by atoms with Crippen molar-refractivity contribution < 1.29 is 12.9 Å². The Morgan fingerprint density at radius 3 is 1.73 bits per heavy atom. The van der Waals surface area contributed by atoms with Crippen molar-refractivity contribution in [3.05, 3.63) is 30.3 Å². The van der Waals surface area contributed by atoms with Crippen molar-refractivity contribution in [2.45, 2.75) is 13.8 Å². The summed E-state index contributed by atoms with van der Waals surface area (Å²) in [5.74, 6) is 0. The van der Waals surface area contributed by atoms with Gasteiger partial charge in [-0.2, -0.15) is 0 Å². The van der Waals surface area contributed by atoms with E-state index >= 15 is 0 Å². The van der Waals surface area contributed by atoms with Gasteiger partial charge in [0, 0.05) is 18.8 Å². The number of benzene rings is 1. The summed E-state index contributed by atoms with van der Waals surface area (Å²) in [6, 6.07) is 10.5. The SMILES string of the molecule is CCN(CC)c1ccccc1.FB(F)F. The molecule has 0 saturated heterocycles. The van der Waals surface area contributed by atoms with E-state index in [1.165, 1.54) is 5.69 Å². The predicted octanol–water partition coefficient (Wildman–Crippen LogP) is 3.41. The van der Waals surface area contributed by atoms with Crippen LogP contribution in [-0.2, 0) is 0 Å². The Morgan fingerprint density at radius 1 is 1.00 bits per heavy atom. The maximum Gasteiger partial charge on any atom is 0.762 e. The van der Waals surface area contributed by atoms with Crippen LogP contribution in [0, 0.1) is 0 Å². The summed E-state index contributed by atoms with van der Waals surface area (Å²) >= 11 is 0. The molecule has 84 valence electrons. The van der Waals surface area contributed by atoms with Crippen molar-refractivity contribution in [3.63, 3.8) is 0 Å². The van der Waals surface area contributed by atoms with Crippen LogP contribution in [0.15, 0.2) is 30.3 Å². The summed E-state index contributed by atoms with van der Waals surface area (Å²) < 4.78 is 29.0. The van der Waals surface area contributed by atoms with Crippen molar-refractivity contribution in [2.75, 3.05) is 18.0 Å². The minimum atomic E-state index is -3.67. The van der Waals surface area contributed by atoms with Gasteiger partial charge < -0.3 is 4.90 Å². The van der Waals surface area contributed by atoms with Crippen LogP contribution in [0.1, 0.15) is 13.8 Å². The molecule has 0 aliphatic heterocycles. The van der Waals surface area contributed by atoms with E-state index in [0.717, 1.165) is 13.1 Å². The molecule has 0 saturated carbocycles. The van der Waals surface area contributed by atoms with E-state index in [-0.39, 0.29) is 0 Å². The zero-order valence-electron chi connectivity index (χ0n) is 8.96. The molecular formula is C10H15BF3N. The van der Waals surface area contributed by atoms with Crippen LogP contribution >= 0.6 is 0 Å². The van der Waals surface area contributed by atoms with E-state index in [2.05, 4.69) is 43.0 Å². The Morgan fingerprint density at radius 2 is 1.40 bits per heavy atom. The molecular weight excluding hydrogens is 202 g/mol. The highest BCUT2D eigenvalue weighted by Crippen LogP contribution is 2.11. The molecule has 0 atom stereocenters. The quantitative estimate of drug-likeness (QED) is 0.701. The summed E-state index contributed by atoms with van der Waals surface area (Å²) in [5, 5.41) is 0. The van der Waals surface area contributed by atoms with Gasteiger partial charge in [-0.05, 0) is 26.0 Å². The highest BCUT2D eigenvalue weighted by molar-refractivity contribution is 6.33. The second-order valence-electron chi connectivity index (χ2n) is 2.76. The Labute approximate surface area is 89.1 Å². The number of para-hydroxylation sites is 1. The molecule has 0 radical (unpaired) electrons. The van der Waals surface area contributed by atoms with Gasteiger partial charge in [0.1, 0.15) is 0 Å². The summed E-state index contributed by atoms with van der Waals surface area (Å²) in [6.07, 6.45) is 0. The fourth-order valence-corrected chi connectivity index (χ4v) is 1.23. The molecule has 15 heavy (non-hydrogen) atoms. The van der Waals surface area contributed by atoms with Crippen LogP contribution in [0.25, 0.3) is 0 Å². The molecule has 0 fully saturated rings. The molecule has 0 unspecified atom stereocenters. The van der Waals surface area contributed by atoms with Gasteiger partial charge in [-0.15, -0.1) is 0 Å². The van der Waals surface area contributed by atoms with Crippen LogP contribution in [0.4, 0.5) is 18.6 Å². The number of hydrogen-bond donors (Lipinski definition) is 0. The molecule has 1 aromatic carbocycles. The average molecular weight is 217 g/mol. The van der Waals surface area contributed by atoms with Crippen molar-refractivity contribution in [3.8, 4) is 0 Å². The summed E-state index contributed by atoms with van der Waals surface area (Å²) in [6.45, 7) is 6.52. The summed E-state index contributed by atoms with van der Waals surface area (Å²) in [4.78, 5) is 2.33. The monoisotopic (exact) mass is 217 g/mol. The number of anilines is 1. The first-order valence-corrected chi connectivity index (χ1v) is 4.84. The fraction of sp³-hybridized carbons (Fsp3) is 0.400. The lowest BCUT2D eigenvalue weighted by molar-refractivity contribution is 0.535. The Hall–Kier alpha value is -1.13. The maximum atomic E-state index is 9.67. The fourth-order valence-electron chi connectivity index (χ4n) is 1.23. The van der Waals surface area contributed by atoms with Crippen molar-refractivity contribution in [1.29, 1.82) is 0 Å². The van der Waals surface area contributed by atoms with E-state index < -0.39 is 7.54 Å². The lowest BCUT2D eigenvalue weighted by atomic mass is 10.3. The lowest BCUT2D eigenvalue weighted by Crippen LogP contribution is -2.21. The van der Waals surface area contributed by atoms with Crippen LogP contribution < -0.4 is 4.90 Å². The second-order valence-corrected chi connectivity index (χ2v) is 2.76. The van der Waals surface area contributed by atoms with Crippen molar-refractivity contribution in [1.82, 2.24) is 0 Å². The van der Waals surface area contributed by atoms with E-state index in [1.54, 1.807) is 0 Å². The molecule has 0 spiro atoms. The van der Waals surface area contributed by atoms with E-state index in [4.69, 9.17) is 0 Å². The smallest absolute Gasteiger partial charge is 0.372 e. The van der Waals surface area contributed by atoms with Gasteiger partial charge >= 0.3 is 7.54 Å². The highest BCUT2D eigenvalue weighted by Gasteiger charge is 2.06. The maximum absolute atomic E-state index is 9.67. The van der Waals surface area contributed by atoms with E-state index in [0.29, 0.717) is 0 Å². The molecule has 0 aliphatic carbocycles. The van der Waals surface area contributed by atoms with Gasteiger partial charge in [-0.3, -0.25) is 12.9 Å². The number of halogens is 3. The molecule has 1 aromatic rings. The Kier molecular flexibility index (Phi) is 7.59. The minimum Gasteiger partial charge on any atom is -0.372 e. The third-order valence-corrected chi connectivity index (χ3v) is 1.88. The zero-order chi connectivity index (χ0) is 11.7. The largest absolute Gasteiger partial charge is 0.762 e. The molecule has 0 amide bonds. The molecule has 0 aromatic heterocycles. The van der Waals surface area contributed by atoms with Crippen molar-refractivity contribution >= 4 is 13.2 Å². The molecule has 0 N–H and O–H groups in total. The van der Waals surface area contributed by atoms with Crippen LogP contribution in [0.5, 0.6) is 0 Å². The lowest BCUT2D eigenvalue weighted by Gasteiger charge is -2.20. The molecule has 5 heteroatoms. The summed E-state index contributed by atoms with van der Waals surface area (Å²) in [5.41, 5.74) is 1.32. The second kappa shape index (κ2) is 8.21. The van der Waals surface area contributed by atoms with Crippen LogP contribution in [0.2, 0.25) is 0 Å². The van der Waals surface area contributed by atoms with Gasteiger partial charge in [0.2, 0.25) is 0 Å². The third kappa shape index (κ3) is 6.88. The van der Waals surface area contributed by atoms with E-state index in [9.17, 15) is 12.9 Å². The highest BCUT2D eigenvalue weighted by atomic mass is 19.4. The first-order valence-electron chi connectivity index (χ1n) is 4.84. The van der Waals surface area contributed by atoms with Gasteiger partial charge in [0.05, 0.1) is 0 Å².